The van der Waals surface area contributed by atoms with Gasteiger partial charge in [-0.2, -0.15) is 0 Å². The molecule has 3 amide bonds. The lowest BCUT2D eigenvalue weighted by Crippen LogP contribution is -2.51. The van der Waals surface area contributed by atoms with Gasteiger partial charge in [0.2, 0.25) is 11.8 Å². The first-order chi connectivity index (χ1) is 28.7. The molecule has 3 saturated heterocycles. The number of phenols is 1. The molecule has 1 aromatic heterocycles. The molecule has 11 rings (SSSR count). The third-order valence-electron chi connectivity index (χ3n) is 14.8. The van der Waals surface area contributed by atoms with Crippen molar-refractivity contribution in [1.82, 2.24) is 25.5 Å². The number of nitrogens with one attached hydrogen (secondary N) is 2. The van der Waals surface area contributed by atoms with Crippen molar-refractivity contribution >= 4 is 23.5 Å². The Bertz CT molecular complexity index is 2220. The number of carbonyl (C=O) groups excluding carboxylic acids is 3. The van der Waals surface area contributed by atoms with Gasteiger partial charge in [-0.1, -0.05) is 36.4 Å². The van der Waals surface area contributed by atoms with Gasteiger partial charge in [-0.3, -0.25) is 24.7 Å². The maximum absolute atomic E-state index is 12.2. The third kappa shape index (κ3) is 7.36. The number of nitrogens with zero attached hydrogens (tertiary/aromatic N) is 4. The van der Waals surface area contributed by atoms with E-state index in [9.17, 15) is 19.5 Å². The number of fused-ring (bicyclic) bond motifs is 4. The van der Waals surface area contributed by atoms with Crippen LogP contribution in [0.5, 0.6) is 11.5 Å². The first-order valence-corrected chi connectivity index (χ1v) is 21.8. The topological polar surface area (TPSA) is 137 Å². The molecule has 3 aromatic carbocycles. The van der Waals surface area contributed by atoms with Crippen LogP contribution in [0.2, 0.25) is 0 Å². The SMILES string of the molecule is O=C1CCCC(=O)N1.O=C1NCc2cc3c(cc21)OCC31CCN(CC2CC3(CCN(c4cnc(C5c6ccc(O)cc6CCC5c5ccccc5)cn4)CC3)C2)CC1. The van der Waals surface area contributed by atoms with Crippen LogP contribution in [0.15, 0.2) is 73.1 Å². The van der Waals surface area contributed by atoms with Gasteiger partial charge in [-0.25, -0.2) is 4.98 Å². The number of imide groups is 1. The lowest BCUT2D eigenvalue weighted by Gasteiger charge is -2.54. The molecule has 59 heavy (non-hydrogen) atoms. The summed E-state index contributed by atoms with van der Waals surface area (Å²) in [6.45, 7) is 6.98. The molecule has 4 aromatic rings. The highest BCUT2D eigenvalue weighted by Crippen LogP contribution is 2.54. The quantitative estimate of drug-likeness (QED) is 0.193. The van der Waals surface area contributed by atoms with Gasteiger partial charge in [0.1, 0.15) is 17.3 Å². The number of piperidine rings is 3. The summed E-state index contributed by atoms with van der Waals surface area (Å²) in [5.74, 6) is 3.26. The maximum atomic E-state index is 12.2. The van der Waals surface area contributed by atoms with Crippen molar-refractivity contribution in [2.24, 2.45) is 11.3 Å². The average molecular weight is 795 g/mol. The van der Waals surface area contributed by atoms with E-state index in [-0.39, 0.29) is 29.1 Å². The average Bonchev–Trinajstić information content (AvgIpc) is 3.79. The molecule has 0 radical (unpaired) electrons. The van der Waals surface area contributed by atoms with Crippen LogP contribution in [0.3, 0.4) is 0 Å². The smallest absolute Gasteiger partial charge is 0.252 e. The molecule has 11 nitrogen and oxygen atoms in total. The Labute approximate surface area is 346 Å². The Morgan fingerprint density at radius 3 is 2.32 bits per heavy atom. The number of hydrogen-bond donors (Lipinski definition) is 3. The molecular weight excluding hydrogens is 741 g/mol. The van der Waals surface area contributed by atoms with Crippen LogP contribution in [-0.2, 0) is 28.0 Å². The molecule has 5 aliphatic heterocycles. The molecule has 3 N–H and O–H groups in total. The van der Waals surface area contributed by atoms with Gasteiger partial charge in [0.25, 0.3) is 5.91 Å². The molecule has 1 saturated carbocycles. The number of amides is 3. The van der Waals surface area contributed by atoms with Crippen molar-refractivity contribution in [3.05, 3.63) is 112 Å². The fraction of sp³-hybridized carbons (Fsp3) is 0.479. The highest BCUT2D eigenvalue weighted by molar-refractivity contribution is 5.99. The summed E-state index contributed by atoms with van der Waals surface area (Å²) >= 11 is 0. The normalized spacial score (nSPS) is 24.2. The number of ether oxygens (including phenoxy) is 1. The molecule has 2 spiro atoms. The zero-order chi connectivity index (χ0) is 40.1. The van der Waals surface area contributed by atoms with Crippen LogP contribution in [0.1, 0.15) is 120 Å². The second kappa shape index (κ2) is 15.4. The summed E-state index contributed by atoms with van der Waals surface area (Å²) in [4.78, 5) is 48.1. The fourth-order valence-corrected chi connectivity index (χ4v) is 11.5. The number of rotatable bonds is 5. The number of likely N-dealkylation sites (tertiary alicyclic amines) is 1. The van der Waals surface area contributed by atoms with E-state index in [2.05, 4.69) is 62.9 Å². The number of carbonyl (C=O) groups is 3. The second-order valence-corrected chi connectivity index (χ2v) is 18.4. The minimum atomic E-state index is -0.138. The molecular formula is C48H54N6O5. The Balaban J connectivity index is 0.000000473. The Morgan fingerprint density at radius 2 is 1.61 bits per heavy atom. The van der Waals surface area contributed by atoms with E-state index in [0.29, 0.717) is 42.9 Å². The molecule has 7 aliphatic rings. The number of anilines is 1. The van der Waals surface area contributed by atoms with Gasteiger partial charge in [-0.05, 0) is 135 Å². The summed E-state index contributed by atoms with van der Waals surface area (Å²) in [5, 5.41) is 15.4. The van der Waals surface area contributed by atoms with Gasteiger partial charge in [0, 0.05) is 61.5 Å². The van der Waals surface area contributed by atoms with Gasteiger partial charge in [-0.15, -0.1) is 0 Å². The minimum absolute atomic E-state index is 0.0289. The Morgan fingerprint density at radius 1 is 0.831 bits per heavy atom. The Kier molecular flexibility index (Phi) is 9.90. The largest absolute Gasteiger partial charge is 0.508 e. The number of phenolic OH excluding ortho intramolecular Hbond substituents is 1. The minimum Gasteiger partial charge on any atom is -0.508 e. The van der Waals surface area contributed by atoms with Crippen molar-refractivity contribution in [3.63, 3.8) is 0 Å². The van der Waals surface area contributed by atoms with Crippen molar-refractivity contribution in [1.29, 1.82) is 0 Å². The molecule has 2 unspecified atom stereocenters. The first kappa shape index (κ1) is 37.9. The van der Waals surface area contributed by atoms with Crippen LogP contribution in [0, 0.1) is 11.3 Å². The van der Waals surface area contributed by atoms with E-state index in [1.165, 1.54) is 54.5 Å². The Hall–Kier alpha value is -5.29. The van der Waals surface area contributed by atoms with E-state index in [1.807, 2.05) is 30.6 Å². The van der Waals surface area contributed by atoms with Crippen LogP contribution in [0.25, 0.3) is 0 Å². The maximum Gasteiger partial charge on any atom is 0.252 e. The van der Waals surface area contributed by atoms with Crippen LogP contribution in [-0.4, -0.2) is 77.0 Å². The lowest BCUT2D eigenvalue weighted by atomic mass is 9.57. The third-order valence-corrected chi connectivity index (χ3v) is 14.8. The van der Waals surface area contributed by atoms with Crippen molar-refractivity contribution in [2.45, 2.75) is 94.4 Å². The summed E-state index contributed by atoms with van der Waals surface area (Å²) in [5.41, 5.74) is 8.69. The molecule has 4 fully saturated rings. The molecule has 2 atom stereocenters. The molecule has 6 heterocycles. The predicted molar refractivity (Wildman–Crippen MR) is 224 cm³/mol. The standard InChI is InChI=1S/C43H47N5O3.C5H7NO2/c49-32-7-9-34-30(18-32)6-8-33(29-4-2-1-3-5-29)40(34)37-24-45-39(25-44-37)48-16-10-42(11-17-48)21-28(22-42)26-47-14-12-43(13-15-47)27-51-38-20-35-31(19-36(38)43)23-46-41(35)50;7-4-2-1-3-5(8)6-4/h1-5,7,9,18-20,24-25,28,33,40,49H,6,8,10-17,21-23,26-27H2,(H,46,50);1-3H2,(H,6,7,8). The van der Waals surface area contributed by atoms with Gasteiger partial charge in [0.05, 0.1) is 24.7 Å². The number of aryl methyl sites for hydroxylation is 1. The van der Waals surface area contributed by atoms with E-state index >= 15 is 0 Å². The van der Waals surface area contributed by atoms with E-state index < -0.39 is 0 Å². The van der Waals surface area contributed by atoms with Gasteiger partial charge < -0.3 is 25.0 Å². The number of benzene rings is 3. The molecule has 2 aliphatic carbocycles. The van der Waals surface area contributed by atoms with Crippen molar-refractivity contribution in [3.8, 4) is 11.5 Å². The summed E-state index contributed by atoms with van der Waals surface area (Å²) in [7, 11) is 0. The van der Waals surface area contributed by atoms with E-state index in [4.69, 9.17) is 14.7 Å². The van der Waals surface area contributed by atoms with E-state index in [1.54, 1.807) is 0 Å². The summed E-state index contributed by atoms with van der Waals surface area (Å²) in [6.07, 6.45) is 15.2. The molecule has 11 heteroatoms. The zero-order valence-corrected chi connectivity index (χ0v) is 33.8. The predicted octanol–water partition coefficient (Wildman–Crippen LogP) is 6.52. The summed E-state index contributed by atoms with van der Waals surface area (Å²) < 4.78 is 6.18. The lowest BCUT2D eigenvalue weighted by molar-refractivity contribution is -0.132. The van der Waals surface area contributed by atoms with Crippen LogP contribution in [0.4, 0.5) is 5.82 Å². The fourth-order valence-electron chi connectivity index (χ4n) is 11.5. The highest BCUT2D eigenvalue weighted by Gasteiger charge is 2.48. The molecule has 306 valence electrons. The number of hydrogen-bond acceptors (Lipinski definition) is 9. The number of aromatic nitrogens is 2. The van der Waals surface area contributed by atoms with Gasteiger partial charge in [0.15, 0.2) is 0 Å². The van der Waals surface area contributed by atoms with Crippen LogP contribution < -0.4 is 20.3 Å². The second-order valence-electron chi connectivity index (χ2n) is 18.4. The van der Waals surface area contributed by atoms with E-state index in [0.717, 1.165) is 92.8 Å². The summed E-state index contributed by atoms with van der Waals surface area (Å²) in [6, 6.07) is 20.9. The molecule has 0 bridgehead atoms. The number of aromatic hydroxyl groups is 1. The monoisotopic (exact) mass is 794 g/mol. The zero-order valence-electron chi connectivity index (χ0n) is 33.8. The van der Waals surface area contributed by atoms with Gasteiger partial charge >= 0.3 is 0 Å². The highest BCUT2D eigenvalue weighted by atomic mass is 16.5. The first-order valence-electron chi connectivity index (χ1n) is 21.8. The van der Waals surface area contributed by atoms with Crippen molar-refractivity contribution in [2.75, 3.05) is 44.2 Å². The van der Waals surface area contributed by atoms with Crippen LogP contribution >= 0.6 is 0 Å². The van der Waals surface area contributed by atoms with Crippen molar-refractivity contribution < 1.29 is 24.2 Å².